The first-order valence-corrected chi connectivity index (χ1v) is 11.9. The molecule has 0 radical (unpaired) electrons. The number of hydrogen-bond donors (Lipinski definition) is 1. The highest BCUT2D eigenvalue weighted by atomic mass is 35.5. The molecule has 2 aromatic rings. The van der Waals surface area contributed by atoms with E-state index in [9.17, 15) is 27.6 Å². The highest BCUT2D eigenvalue weighted by Gasteiger charge is 2.74. The van der Waals surface area contributed by atoms with Crippen molar-refractivity contribution >= 4 is 40.7 Å². The Kier molecular flexibility index (Phi) is 4.70. The lowest BCUT2D eigenvalue weighted by Gasteiger charge is -2.36. The molecule has 0 saturated carbocycles. The lowest BCUT2D eigenvalue weighted by atomic mass is 9.75. The number of rotatable bonds is 2. The third-order valence-electron chi connectivity index (χ3n) is 8.01. The second-order valence-electron chi connectivity index (χ2n) is 9.50. The third kappa shape index (κ3) is 2.73. The molecule has 10 heteroatoms. The SMILES string of the molecule is CCc1cccc2c1NC(=O)[C@]21[C@@H]2C(=O)N(c3cc(C(F)(F)F)ccc3Cl)C(=O)[C@@H]2[C@@H]2CCCN21. The summed E-state index contributed by atoms with van der Waals surface area (Å²) in [5, 5.41) is 2.83. The molecule has 0 aliphatic carbocycles. The Balaban J connectivity index is 1.54. The van der Waals surface area contributed by atoms with Crippen molar-refractivity contribution in [2.45, 2.75) is 43.9 Å². The van der Waals surface area contributed by atoms with Gasteiger partial charge in [0, 0.05) is 17.3 Å². The van der Waals surface area contributed by atoms with Gasteiger partial charge in [0.2, 0.25) is 17.7 Å². The maximum Gasteiger partial charge on any atom is 0.416 e. The summed E-state index contributed by atoms with van der Waals surface area (Å²) in [4.78, 5) is 44.2. The highest BCUT2D eigenvalue weighted by molar-refractivity contribution is 6.36. The van der Waals surface area contributed by atoms with Crippen molar-refractivity contribution < 1.29 is 27.6 Å². The van der Waals surface area contributed by atoms with Crippen LogP contribution in [0.3, 0.4) is 0 Å². The number of amides is 3. The zero-order valence-electron chi connectivity index (χ0n) is 18.7. The first-order chi connectivity index (χ1) is 16.6. The summed E-state index contributed by atoms with van der Waals surface area (Å²) in [6, 6.07) is 7.76. The lowest BCUT2D eigenvalue weighted by molar-refractivity contribution is -0.137. The van der Waals surface area contributed by atoms with Gasteiger partial charge >= 0.3 is 6.18 Å². The molecule has 3 amide bonds. The van der Waals surface area contributed by atoms with Gasteiger partial charge in [0.15, 0.2) is 0 Å². The highest BCUT2D eigenvalue weighted by Crippen LogP contribution is 2.61. The average Bonchev–Trinajstić information content (AvgIpc) is 3.52. The minimum Gasteiger partial charge on any atom is -0.324 e. The van der Waals surface area contributed by atoms with Crippen LogP contribution in [0.1, 0.15) is 36.5 Å². The molecule has 6 nitrogen and oxygen atoms in total. The number of nitrogens with zero attached hydrogens (tertiary/aromatic N) is 2. The van der Waals surface area contributed by atoms with Crippen molar-refractivity contribution in [3.63, 3.8) is 0 Å². The molecule has 0 aromatic heterocycles. The molecule has 1 spiro atoms. The fraction of sp³-hybridized carbons (Fsp3) is 0.400. The number of carbonyl (C=O) groups is 3. The third-order valence-corrected chi connectivity index (χ3v) is 8.33. The van der Waals surface area contributed by atoms with Crippen LogP contribution in [-0.4, -0.2) is 35.2 Å². The van der Waals surface area contributed by atoms with Crippen LogP contribution >= 0.6 is 11.6 Å². The molecule has 35 heavy (non-hydrogen) atoms. The number of para-hydroxylation sites is 1. The van der Waals surface area contributed by atoms with Crippen LogP contribution in [0, 0.1) is 11.8 Å². The standard InChI is InChI=1S/C25H21ClF3N3O3/c1-2-12-5-3-6-14-20(12)30-23(35)24(14)19-18(16-7-4-10-31(16)24)21(33)32(22(19)34)17-11-13(25(27,28)29)8-9-15(17)26/h3,5-6,8-9,11,16,18-19H,2,4,7,10H2,1H3,(H,30,35)/t16-,18+,19-,24+/m0/s1. The zero-order valence-corrected chi connectivity index (χ0v) is 19.4. The Bertz CT molecular complexity index is 1310. The second kappa shape index (κ2) is 7.30. The molecule has 4 heterocycles. The summed E-state index contributed by atoms with van der Waals surface area (Å²) in [5.74, 6) is -3.58. The Morgan fingerprint density at radius 3 is 2.63 bits per heavy atom. The van der Waals surface area contributed by atoms with Gasteiger partial charge in [-0.3, -0.25) is 19.3 Å². The van der Waals surface area contributed by atoms with E-state index in [0.29, 0.717) is 30.6 Å². The van der Waals surface area contributed by atoms with E-state index < -0.39 is 40.9 Å². The van der Waals surface area contributed by atoms with Crippen molar-refractivity contribution in [2.75, 3.05) is 16.8 Å². The normalized spacial score (nSPS) is 29.7. The molecule has 0 unspecified atom stereocenters. The van der Waals surface area contributed by atoms with Crippen LogP contribution in [0.15, 0.2) is 36.4 Å². The van der Waals surface area contributed by atoms with E-state index in [1.807, 2.05) is 30.0 Å². The van der Waals surface area contributed by atoms with E-state index >= 15 is 0 Å². The van der Waals surface area contributed by atoms with Gasteiger partial charge in [0.05, 0.1) is 28.1 Å². The molecular formula is C25H21ClF3N3O3. The number of anilines is 2. The van der Waals surface area contributed by atoms with Gasteiger partial charge in [-0.1, -0.05) is 36.7 Å². The number of nitrogens with one attached hydrogen (secondary N) is 1. The van der Waals surface area contributed by atoms with E-state index in [2.05, 4.69) is 5.32 Å². The van der Waals surface area contributed by atoms with Gasteiger partial charge in [-0.25, -0.2) is 4.90 Å². The van der Waals surface area contributed by atoms with Crippen LogP contribution < -0.4 is 10.2 Å². The maximum atomic E-state index is 14.0. The minimum atomic E-state index is -4.68. The molecular weight excluding hydrogens is 483 g/mol. The monoisotopic (exact) mass is 503 g/mol. The van der Waals surface area contributed by atoms with Gasteiger partial charge in [0.25, 0.3) is 0 Å². The smallest absolute Gasteiger partial charge is 0.324 e. The summed E-state index contributed by atoms with van der Waals surface area (Å²) >= 11 is 6.22. The number of imide groups is 1. The van der Waals surface area contributed by atoms with Gasteiger partial charge in [0.1, 0.15) is 5.54 Å². The van der Waals surface area contributed by atoms with E-state index in [-0.39, 0.29) is 22.7 Å². The average molecular weight is 504 g/mol. The van der Waals surface area contributed by atoms with Crippen molar-refractivity contribution in [2.24, 2.45) is 11.8 Å². The zero-order chi connectivity index (χ0) is 24.9. The second-order valence-corrected chi connectivity index (χ2v) is 9.90. The van der Waals surface area contributed by atoms with Gasteiger partial charge < -0.3 is 5.32 Å². The molecule has 6 rings (SSSR count). The number of fused-ring (bicyclic) bond motifs is 7. The van der Waals surface area contributed by atoms with Gasteiger partial charge in [-0.05, 0) is 49.6 Å². The summed E-state index contributed by atoms with van der Waals surface area (Å²) in [5.41, 5.74) is -0.472. The first kappa shape index (κ1) is 22.5. The molecule has 2 aromatic carbocycles. The quantitative estimate of drug-likeness (QED) is 0.619. The van der Waals surface area contributed by atoms with Crippen LogP contribution in [0.5, 0.6) is 0 Å². The fourth-order valence-corrected chi connectivity index (χ4v) is 6.89. The summed E-state index contributed by atoms with van der Waals surface area (Å²) < 4.78 is 40.3. The van der Waals surface area contributed by atoms with E-state index in [0.717, 1.165) is 35.1 Å². The van der Waals surface area contributed by atoms with Crippen LogP contribution in [0.4, 0.5) is 24.5 Å². The Hall–Kier alpha value is -2.91. The van der Waals surface area contributed by atoms with Crippen molar-refractivity contribution in [3.05, 3.63) is 58.1 Å². The largest absolute Gasteiger partial charge is 0.416 e. The van der Waals surface area contributed by atoms with Crippen LogP contribution in [0.2, 0.25) is 5.02 Å². The topological polar surface area (TPSA) is 69.7 Å². The molecule has 3 saturated heterocycles. The Morgan fingerprint density at radius 1 is 1.14 bits per heavy atom. The number of halogens is 4. The summed E-state index contributed by atoms with van der Waals surface area (Å²) in [6.07, 6.45) is -2.65. The predicted molar refractivity (Wildman–Crippen MR) is 122 cm³/mol. The predicted octanol–water partition coefficient (Wildman–Crippen LogP) is 4.35. The fourth-order valence-electron chi connectivity index (χ4n) is 6.68. The van der Waals surface area contributed by atoms with E-state index in [1.165, 1.54) is 0 Å². The van der Waals surface area contributed by atoms with Gasteiger partial charge in [-0.15, -0.1) is 0 Å². The summed E-state index contributed by atoms with van der Waals surface area (Å²) in [6.45, 7) is 2.51. The number of hydrogen-bond acceptors (Lipinski definition) is 4. The number of alkyl halides is 3. The molecule has 4 aliphatic rings. The molecule has 0 bridgehead atoms. The molecule has 4 atom stereocenters. The van der Waals surface area contributed by atoms with Crippen LogP contribution in [0.25, 0.3) is 0 Å². The molecule has 3 fully saturated rings. The minimum absolute atomic E-state index is 0.137. The van der Waals surface area contributed by atoms with Crippen molar-refractivity contribution in [1.29, 1.82) is 0 Å². The molecule has 4 aliphatic heterocycles. The first-order valence-electron chi connectivity index (χ1n) is 11.6. The number of benzene rings is 2. The van der Waals surface area contributed by atoms with Gasteiger partial charge in [-0.2, -0.15) is 13.2 Å². The van der Waals surface area contributed by atoms with Crippen molar-refractivity contribution in [1.82, 2.24) is 4.90 Å². The van der Waals surface area contributed by atoms with E-state index in [1.54, 1.807) is 0 Å². The Morgan fingerprint density at radius 2 is 1.91 bits per heavy atom. The molecule has 182 valence electrons. The van der Waals surface area contributed by atoms with E-state index in [4.69, 9.17) is 11.6 Å². The van der Waals surface area contributed by atoms with Crippen LogP contribution in [-0.2, 0) is 32.5 Å². The lowest BCUT2D eigenvalue weighted by Crippen LogP contribution is -2.54. The summed E-state index contributed by atoms with van der Waals surface area (Å²) in [7, 11) is 0. The maximum absolute atomic E-state index is 14.0. The van der Waals surface area contributed by atoms with Crippen molar-refractivity contribution in [3.8, 4) is 0 Å². The number of aryl methyl sites for hydroxylation is 1. The number of carbonyl (C=O) groups excluding carboxylic acids is 3. The molecule has 1 N–H and O–H groups in total. The Labute approximate surface area is 204 Å².